The van der Waals surface area contributed by atoms with E-state index < -0.39 is 17.5 Å². The van der Waals surface area contributed by atoms with E-state index in [-0.39, 0.29) is 29.6 Å². The van der Waals surface area contributed by atoms with E-state index in [2.05, 4.69) is 15.6 Å². The Morgan fingerprint density at radius 2 is 1.67 bits per heavy atom. The summed E-state index contributed by atoms with van der Waals surface area (Å²) in [5, 5.41) is 18.3. The summed E-state index contributed by atoms with van der Waals surface area (Å²) in [6.45, 7) is 2.29. The molecule has 2 fully saturated rings. The lowest BCUT2D eigenvalue weighted by Crippen LogP contribution is -2.33. The third-order valence-electron chi connectivity index (χ3n) is 8.81. The Bertz CT molecular complexity index is 1850. The van der Waals surface area contributed by atoms with Crippen LogP contribution in [0.5, 0.6) is 11.5 Å². The molecule has 46 heavy (non-hydrogen) atoms. The number of carbonyl (C=O) groups is 1. The fraction of sp³-hybridized carbons (Fsp3) is 0.270. The molecule has 0 spiro atoms. The van der Waals surface area contributed by atoms with Gasteiger partial charge in [0, 0.05) is 11.9 Å². The van der Waals surface area contributed by atoms with Gasteiger partial charge in [0.1, 0.15) is 22.7 Å². The number of amides is 1. The summed E-state index contributed by atoms with van der Waals surface area (Å²) in [7, 11) is 0. The van der Waals surface area contributed by atoms with Crippen molar-refractivity contribution in [2.45, 2.75) is 37.6 Å². The Morgan fingerprint density at radius 3 is 2.33 bits per heavy atom. The standard InChI is InChI=1S/C37H36N4O4.ClH/c42-31-14-7-15-32(45-22-23-16-17-23)33(31)30-20-27(26-13-8-18-38-21-26)28-19-29(37(44)41-35(28)39-30)36(43)40-34(24-9-3-1-4-10-24)25-11-5-2-6-12-25;/h1-7,9-12,14-15,19-20,23,26,34,38,42H,8,13,16-18,21-22H2,(H,40,43)(H,39,41,44);1H. The monoisotopic (exact) mass is 636 g/mol. The van der Waals surface area contributed by atoms with E-state index >= 15 is 0 Å². The van der Waals surface area contributed by atoms with E-state index in [4.69, 9.17) is 9.72 Å². The lowest BCUT2D eigenvalue weighted by atomic mass is 9.88. The van der Waals surface area contributed by atoms with Crippen LogP contribution >= 0.6 is 12.4 Å². The summed E-state index contributed by atoms with van der Waals surface area (Å²) >= 11 is 0. The number of rotatable bonds is 9. The van der Waals surface area contributed by atoms with Crippen molar-refractivity contribution in [2.24, 2.45) is 5.92 Å². The van der Waals surface area contributed by atoms with Gasteiger partial charge < -0.3 is 25.5 Å². The Kier molecular flexibility index (Phi) is 9.38. The van der Waals surface area contributed by atoms with Crippen molar-refractivity contribution >= 4 is 29.3 Å². The van der Waals surface area contributed by atoms with Gasteiger partial charge in [0.15, 0.2) is 0 Å². The first-order chi connectivity index (χ1) is 22.0. The van der Waals surface area contributed by atoms with Gasteiger partial charge in [-0.3, -0.25) is 9.59 Å². The van der Waals surface area contributed by atoms with Gasteiger partial charge in [0.2, 0.25) is 0 Å². The number of piperidine rings is 1. The summed E-state index contributed by atoms with van der Waals surface area (Å²) in [4.78, 5) is 35.1. The molecular formula is C37H37ClN4O4. The number of ether oxygens (including phenoxy) is 1. The second-order valence-corrected chi connectivity index (χ2v) is 12.0. The van der Waals surface area contributed by atoms with Crippen LogP contribution in [0.2, 0.25) is 0 Å². The predicted molar refractivity (Wildman–Crippen MR) is 182 cm³/mol. The first kappa shape index (κ1) is 31.3. The number of phenolic OH excluding ortho intramolecular Hbond substituents is 1. The molecule has 7 rings (SSSR count). The summed E-state index contributed by atoms with van der Waals surface area (Å²) in [6.07, 6.45) is 4.25. The average molecular weight is 637 g/mol. The van der Waals surface area contributed by atoms with E-state index in [1.54, 1.807) is 18.2 Å². The predicted octanol–water partition coefficient (Wildman–Crippen LogP) is 6.49. The number of aromatic amines is 1. The number of fused-ring (bicyclic) bond motifs is 1. The van der Waals surface area contributed by atoms with Crippen molar-refractivity contribution in [1.82, 2.24) is 20.6 Å². The van der Waals surface area contributed by atoms with E-state index in [9.17, 15) is 14.7 Å². The molecule has 2 aliphatic rings. The van der Waals surface area contributed by atoms with Crippen LogP contribution < -0.4 is 20.9 Å². The third kappa shape index (κ3) is 6.64. The van der Waals surface area contributed by atoms with Crippen molar-refractivity contribution in [3.8, 4) is 22.8 Å². The van der Waals surface area contributed by atoms with Crippen LogP contribution in [0.1, 0.15) is 64.7 Å². The maximum absolute atomic E-state index is 13.9. The number of nitrogens with zero attached hydrogens (tertiary/aromatic N) is 1. The summed E-state index contributed by atoms with van der Waals surface area (Å²) in [5.74, 6) is 0.830. The topological polar surface area (TPSA) is 116 Å². The fourth-order valence-electron chi connectivity index (χ4n) is 6.21. The van der Waals surface area contributed by atoms with E-state index in [0.717, 1.165) is 55.5 Å². The number of carbonyl (C=O) groups excluding carboxylic acids is 1. The highest BCUT2D eigenvalue weighted by atomic mass is 35.5. The van der Waals surface area contributed by atoms with Gasteiger partial charge in [-0.15, -0.1) is 12.4 Å². The summed E-state index contributed by atoms with van der Waals surface area (Å²) < 4.78 is 6.14. The van der Waals surface area contributed by atoms with Crippen molar-refractivity contribution in [3.63, 3.8) is 0 Å². The smallest absolute Gasteiger partial charge is 0.262 e. The second kappa shape index (κ2) is 13.8. The number of H-pyrrole nitrogens is 1. The number of phenols is 1. The number of aromatic hydroxyl groups is 1. The van der Waals surface area contributed by atoms with Gasteiger partial charge >= 0.3 is 0 Å². The lowest BCUT2D eigenvalue weighted by molar-refractivity contribution is 0.0941. The molecule has 1 saturated carbocycles. The van der Waals surface area contributed by atoms with Gasteiger partial charge in [-0.1, -0.05) is 66.7 Å². The fourth-order valence-corrected chi connectivity index (χ4v) is 6.21. The molecule has 3 heterocycles. The highest BCUT2D eigenvalue weighted by Crippen LogP contribution is 2.41. The largest absolute Gasteiger partial charge is 0.507 e. The third-order valence-corrected chi connectivity index (χ3v) is 8.81. The molecule has 0 bridgehead atoms. The zero-order chi connectivity index (χ0) is 30.8. The Balaban J connectivity index is 0.00000372. The maximum Gasteiger partial charge on any atom is 0.262 e. The molecular weight excluding hydrogens is 600 g/mol. The van der Waals surface area contributed by atoms with Crippen LogP contribution in [0.4, 0.5) is 0 Å². The van der Waals surface area contributed by atoms with Crippen LogP contribution in [0.25, 0.3) is 22.3 Å². The lowest BCUT2D eigenvalue weighted by Gasteiger charge is -2.25. The number of hydrogen-bond acceptors (Lipinski definition) is 6. The van der Waals surface area contributed by atoms with Crippen LogP contribution in [0, 0.1) is 5.92 Å². The molecule has 3 aromatic carbocycles. The maximum atomic E-state index is 13.9. The average Bonchev–Trinajstić information content (AvgIpc) is 3.91. The summed E-state index contributed by atoms with van der Waals surface area (Å²) in [6, 6.07) is 27.9. The van der Waals surface area contributed by atoms with Crippen LogP contribution in [-0.2, 0) is 0 Å². The van der Waals surface area contributed by atoms with Gasteiger partial charge in [-0.2, -0.15) is 0 Å². The molecule has 8 nitrogen and oxygen atoms in total. The van der Waals surface area contributed by atoms with Gasteiger partial charge in [-0.25, -0.2) is 4.98 Å². The number of hydrogen-bond donors (Lipinski definition) is 4. The highest BCUT2D eigenvalue weighted by molar-refractivity contribution is 5.98. The van der Waals surface area contributed by atoms with Gasteiger partial charge in [0.25, 0.3) is 11.5 Å². The minimum atomic E-state index is -0.528. The summed E-state index contributed by atoms with van der Waals surface area (Å²) in [5.41, 5.74) is 3.68. The minimum Gasteiger partial charge on any atom is -0.507 e. The van der Waals surface area contributed by atoms with Crippen molar-refractivity contribution in [2.75, 3.05) is 19.7 Å². The molecule has 1 aliphatic carbocycles. The molecule has 1 aliphatic heterocycles. The molecule has 1 saturated heterocycles. The van der Waals surface area contributed by atoms with Crippen molar-refractivity contribution in [1.29, 1.82) is 0 Å². The molecule has 2 aromatic heterocycles. The van der Waals surface area contributed by atoms with Crippen LogP contribution in [0.3, 0.4) is 0 Å². The van der Waals surface area contributed by atoms with Crippen molar-refractivity contribution in [3.05, 3.63) is 124 Å². The molecule has 1 unspecified atom stereocenters. The quantitative estimate of drug-likeness (QED) is 0.147. The molecule has 1 atom stereocenters. The number of halogens is 1. The molecule has 5 aromatic rings. The first-order valence-corrected chi connectivity index (χ1v) is 15.7. The number of benzene rings is 3. The van der Waals surface area contributed by atoms with Crippen molar-refractivity contribution < 1.29 is 14.6 Å². The van der Waals surface area contributed by atoms with Crippen LogP contribution in [0.15, 0.2) is 95.8 Å². The van der Waals surface area contributed by atoms with Gasteiger partial charge in [-0.05, 0) is 85.0 Å². The molecule has 236 valence electrons. The normalized spacial score (nSPS) is 16.2. The molecule has 0 radical (unpaired) electrons. The first-order valence-electron chi connectivity index (χ1n) is 15.7. The SMILES string of the molecule is Cl.O=C(NC(c1ccccc1)c1ccccc1)c1cc2c(C3CCCNC3)cc(-c3c(O)cccc3OCC3CC3)nc2[nH]c1=O. The number of nitrogens with one attached hydrogen (secondary N) is 3. The van der Waals surface area contributed by atoms with Gasteiger partial charge in [0.05, 0.1) is 23.9 Å². The zero-order valence-corrected chi connectivity index (χ0v) is 26.2. The number of aromatic nitrogens is 2. The zero-order valence-electron chi connectivity index (χ0n) is 25.4. The Morgan fingerprint density at radius 1 is 0.957 bits per heavy atom. The Hall–Kier alpha value is -4.66. The van der Waals surface area contributed by atoms with E-state index in [1.165, 1.54) is 0 Å². The van der Waals surface area contributed by atoms with E-state index in [1.807, 2.05) is 72.8 Å². The number of pyridine rings is 2. The van der Waals surface area contributed by atoms with E-state index in [0.29, 0.717) is 40.6 Å². The Labute approximate surface area is 273 Å². The minimum absolute atomic E-state index is 0. The highest BCUT2D eigenvalue weighted by Gasteiger charge is 2.26. The molecule has 1 amide bonds. The molecule has 9 heteroatoms. The second-order valence-electron chi connectivity index (χ2n) is 12.0. The van der Waals surface area contributed by atoms with Crippen LogP contribution in [-0.4, -0.2) is 40.7 Å². The molecule has 4 N–H and O–H groups in total.